The topological polar surface area (TPSA) is 99.1 Å². The van der Waals surface area contributed by atoms with Crippen molar-refractivity contribution in [3.8, 4) is 11.4 Å². The molecule has 0 aromatic carbocycles. The number of hydrogen-bond acceptors (Lipinski definition) is 6. The minimum absolute atomic E-state index is 0.0680. The summed E-state index contributed by atoms with van der Waals surface area (Å²) in [7, 11) is -1.87. The molecule has 0 radical (unpaired) electrons. The van der Waals surface area contributed by atoms with Crippen LogP contribution in [-0.4, -0.2) is 41.1 Å². The van der Waals surface area contributed by atoms with Crippen LogP contribution in [0.5, 0.6) is 5.75 Å². The molecule has 8 nitrogen and oxygen atoms in total. The largest absolute Gasteiger partial charge is 0.491 e. The van der Waals surface area contributed by atoms with Crippen LogP contribution >= 0.6 is 11.6 Å². The van der Waals surface area contributed by atoms with Gasteiger partial charge in [0.15, 0.2) is 24.9 Å². The molecule has 3 aromatic heterocycles. The first kappa shape index (κ1) is 27.0. The molecule has 0 aliphatic heterocycles. The first-order valence-electron chi connectivity index (χ1n) is 11.6. The van der Waals surface area contributed by atoms with E-state index in [1.165, 1.54) is 4.57 Å². The highest BCUT2D eigenvalue weighted by Gasteiger charge is 2.36. The van der Waals surface area contributed by atoms with Crippen LogP contribution < -0.4 is 16.0 Å². The summed E-state index contributed by atoms with van der Waals surface area (Å²) >= 11 is 5.91. The molecule has 11 heteroatoms. The van der Waals surface area contributed by atoms with Gasteiger partial charge >= 0.3 is 5.69 Å². The summed E-state index contributed by atoms with van der Waals surface area (Å²) in [4.78, 5) is 36.0. The molecule has 0 saturated carbocycles. The van der Waals surface area contributed by atoms with Crippen molar-refractivity contribution < 1.29 is 13.6 Å². The number of nitrogens with zero attached hydrogens (tertiary/aromatic N) is 3. The van der Waals surface area contributed by atoms with Gasteiger partial charge in [-0.05, 0) is 30.6 Å². The SMILES string of the molecule is CCCc1nccc(OCCCO[Si](C)(C)C(C)(C)C)c1-n1c(=O)[nH]c(=O)c2cc(F)c(Cl)nc21. The number of aromatic amines is 1. The zero-order valence-electron chi connectivity index (χ0n) is 21.0. The highest BCUT2D eigenvalue weighted by Crippen LogP contribution is 2.36. The molecule has 0 aliphatic rings. The minimum Gasteiger partial charge on any atom is -0.491 e. The number of nitrogens with one attached hydrogen (secondary N) is 1. The van der Waals surface area contributed by atoms with E-state index in [2.05, 4.69) is 48.8 Å². The monoisotopic (exact) mass is 522 g/mol. The average Bonchev–Trinajstić information content (AvgIpc) is 2.75. The molecule has 0 atom stereocenters. The van der Waals surface area contributed by atoms with Gasteiger partial charge in [0.1, 0.15) is 11.4 Å². The Balaban J connectivity index is 2.00. The predicted octanol–water partition coefficient (Wildman–Crippen LogP) is 5.00. The molecule has 3 rings (SSSR count). The molecule has 190 valence electrons. The Morgan fingerprint density at radius 1 is 1.23 bits per heavy atom. The quantitative estimate of drug-likeness (QED) is 0.241. The number of aromatic nitrogens is 4. The lowest BCUT2D eigenvalue weighted by molar-refractivity contribution is 0.233. The van der Waals surface area contributed by atoms with Crippen molar-refractivity contribution in [2.75, 3.05) is 13.2 Å². The first-order chi connectivity index (χ1) is 16.4. The summed E-state index contributed by atoms with van der Waals surface area (Å²) in [6, 6.07) is 2.62. The van der Waals surface area contributed by atoms with Gasteiger partial charge in [0.2, 0.25) is 0 Å². The van der Waals surface area contributed by atoms with E-state index in [1.54, 1.807) is 12.3 Å². The van der Waals surface area contributed by atoms with E-state index < -0.39 is 30.5 Å². The highest BCUT2D eigenvalue weighted by molar-refractivity contribution is 6.74. The van der Waals surface area contributed by atoms with Gasteiger partial charge < -0.3 is 9.16 Å². The third-order valence-electron chi connectivity index (χ3n) is 6.28. The molecule has 0 bridgehead atoms. The first-order valence-corrected chi connectivity index (χ1v) is 14.9. The van der Waals surface area contributed by atoms with Gasteiger partial charge in [-0.25, -0.2) is 18.7 Å². The summed E-state index contributed by atoms with van der Waals surface area (Å²) in [6.45, 7) is 13.8. The summed E-state index contributed by atoms with van der Waals surface area (Å²) in [6.07, 6.45) is 3.55. The van der Waals surface area contributed by atoms with Gasteiger partial charge in [-0.2, -0.15) is 0 Å². The number of halogens is 2. The molecule has 3 heterocycles. The van der Waals surface area contributed by atoms with Crippen LogP contribution in [-0.2, 0) is 10.8 Å². The van der Waals surface area contributed by atoms with Gasteiger partial charge in [0.25, 0.3) is 5.56 Å². The molecule has 3 aromatic rings. The number of ether oxygens (including phenoxy) is 1. The summed E-state index contributed by atoms with van der Waals surface area (Å²) in [5, 5.41) is -0.435. The Bertz CT molecular complexity index is 1330. The zero-order valence-corrected chi connectivity index (χ0v) is 22.8. The maximum absolute atomic E-state index is 14.1. The van der Waals surface area contributed by atoms with Crippen molar-refractivity contribution in [1.29, 1.82) is 0 Å². The second-order valence-electron chi connectivity index (χ2n) is 9.89. The molecule has 0 aliphatic carbocycles. The van der Waals surface area contributed by atoms with Gasteiger partial charge in [-0.1, -0.05) is 45.7 Å². The molecule has 0 amide bonds. The van der Waals surface area contributed by atoms with Crippen molar-refractivity contribution in [2.45, 2.75) is 65.1 Å². The van der Waals surface area contributed by atoms with Gasteiger partial charge in [0.05, 0.1) is 17.7 Å². The summed E-state index contributed by atoms with van der Waals surface area (Å²) in [5.41, 5.74) is -0.632. The van der Waals surface area contributed by atoms with Crippen LogP contribution in [0.2, 0.25) is 23.3 Å². The van der Waals surface area contributed by atoms with E-state index in [9.17, 15) is 14.0 Å². The number of rotatable bonds is 9. The second-order valence-corrected chi connectivity index (χ2v) is 15.1. The lowest BCUT2D eigenvalue weighted by Crippen LogP contribution is -2.41. The van der Waals surface area contributed by atoms with E-state index in [4.69, 9.17) is 20.8 Å². The fourth-order valence-electron chi connectivity index (χ4n) is 3.36. The third-order valence-corrected chi connectivity index (χ3v) is 11.1. The molecule has 1 N–H and O–H groups in total. The van der Waals surface area contributed by atoms with Crippen molar-refractivity contribution in [1.82, 2.24) is 19.5 Å². The Labute approximate surface area is 209 Å². The lowest BCUT2D eigenvalue weighted by Gasteiger charge is -2.36. The molecular weight excluding hydrogens is 491 g/mol. The van der Waals surface area contributed by atoms with Gasteiger partial charge in [-0.15, -0.1) is 0 Å². The molecule has 0 saturated heterocycles. The van der Waals surface area contributed by atoms with E-state index in [-0.39, 0.29) is 16.1 Å². The van der Waals surface area contributed by atoms with Crippen molar-refractivity contribution >= 4 is 31.0 Å². The molecule has 35 heavy (non-hydrogen) atoms. The van der Waals surface area contributed by atoms with E-state index in [1.807, 2.05) is 6.92 Å². The Morgan fingerprint density at radius 2 is 1.94 bits per heavy atom. The average molecular weight is 523 g/mol. The van der Waals surface area contributed by atoms with Crippen molar-refractivity contribution in [2.24, 2.45) is 0 Å². The summed E-state index contributed by atoms with van der Waals surface area (Å²) in [5.74, 6) is -0.457. The van der Waals surface area contributed by atoms with Crippen LogP contribution in [0.4, 0.5) is 4.39 Å². The minimum atomic E-state index is -1.87. The number of aryl methyl sites for hydroxylation is 1. The molecular formula is C24H32ClFN4O4Si. The standard InChI is InChI=1S/C24H32ClFN4O4Si/c1-7-9-17-19(30-21-15(22(31)29-23(30)32)14-16(26)20(25)28-21)18(10-11-27-17)33-12-8-13-34-35(5,6)24(2,3)4/h10-11,14H,7-9,12-13H2,1-6H3,(H,29,31,32). The van der Waals surface area contributed by atoms with Crippen LogP contribution in [0.1, 0.15) is 46.2 Å². The third kappa shape index (κ3) is 5.82. The molecule has 0 fully saturated rings. The zero-order chi connectivity index (χ0) is 26.0. The lowest BCUT2D eigenvalue weighted by atomic mass is 10.1. The van der Waals surface area contributed by atoms with E-state index >= 15 is 0 Å². The van der Waals surface area contributed by atoms with Gasteiger partial charge in [-0.3, -0.25) is 14.8 Å². The fourth-order valence-corrected chi connectivity index (χ4v) is 4.58. The van der Waals surface area contributed by atoms with Crippen LogP contribution in [0.15, 0.2) is 27.9 Å². The summed E-state index contributed by atoms with van der Waals surface area (Å²) < 4.78 is 27.5. The van der Waals surface area contributed by atoms with Crippen molar-refractivity contribution in [3.63, 3.8) is 0 Å². The fraction of sp³-hybridized carbons (Fsp3) is 0.500. The smallest absolute Gasteiger partial charge is 0.334 e. The second kappa shape index (κ2) is 10.6. The Kier molecular flexibility index (Phi) is 8.18. The predicted molar refractivity (Wildman–Crippen MR) is 138 cm³/mol. The molecule has 0 spiro atoms. The normalized spacial score (nSPS) is 12.3. The Hall–Kier alpha value is -2.56. The Morgan fingerprint density at radius 3 is 2.60 bits per heavy atom. The number of fused-ring (bicyclic) bond motifs is 1. The van der Waals surface area contributed by atoms with Crippen LogP contribution in [0.3, 0.4) is 0 Å². The maximum Gasteiger partial charge on any atom is 0.334 e. The van der Waals surface area contributed by atoms with E-state index in [0.29, 0.717) is 43.2 Å². The van der Waals surface area contributed by atoms with Crippen LogP contribution in [0.25, 0.3) is 16.7 Å². The highest BCUT2D eigenvalue weighted by atomic mass is 35.5. The van der Waals surface area contributed by atoms with Crippen molar-refractivity contribution in [3.05, 3.63) is 55.8 Å². The maximum atomic E-state index is 14.1. The number of H-pyrrole nitrogens is 1. The number of pyridine rings is 2. The van der Waals surface area contributed by atoms with E-state index in [0.717, 1.165) is 12.5 Å². The van der Waals surface area contributed by atoms with Gasteiger partial charge in [0, 0.05) is 25.3 Å². The number of hydrogen-bond donors (Lipinski definition) is 1. The molecule has 0 unspecified atom stereocenters. The van der Waals surface area contributed by atoms with Crippen LogP contribution in [0, 0.1) is 5.82 Å².